The second-order valence-corrected chi connectivity index (χ2v) is 6.96. The van der Waals surface area contributed by atoms with Crippen LogP contribution in [0.4, 0.5) is 11.4 Å². The number of methoxy groups -OCH3 is 1. The molecule has 2 amide bonds. The maximum atomic E-state index is 12.2. The van der Waals surface area contributed by atoms with Gasteiger partial charge < -0.3 is 25.4 Å². The molecule has 7 nitrogen and oxygen atoms in total. The zero-order valence-electron chi connectivity index (χ0n) is 17.2. The normalized spacial score (nSPS) is 10.5. The zero-order chi connectivity index (χ0) is 21.1. The standard InChI is InChI=1S/C22H29N3O4/c1-16(2)15-29-20-9-7-18(8-10-20)24-14-21(26)25-19-6-4-5-17(13-19)22(27)23-11-12-28-3/h4-10,13,16,24H,11-12,14-15H2,1-3H3,(H,23,27)(H,25,26). The molecule has 2 aromatic carbocycles. The molecule has 29 heavy (non-hydrogen) atoms. The largest absolute Gasteiger partial charge is 0.493 e. The summed E-state index contributed by atoms with van der Waals surface area (Å²) in [6.07, 6.45) is 0. The van der Waals surface area contributed by atoms with Crippen LogP contribution in [0.25, 0.3) is 0 Å². The third-order valence-corrected chi connectivity index (χ3v) is 3.89. The van der Waals surface area contributed by atoms with E-state index in [1.54, 1.807) is 31.4 Å². The van der Waals surface area contributed by atoms with Crippen LogP contribution in [0.15, 0.2) is 48.5 Å². The molecule has 2 rings (SSSR count). The van der Waals surface area contributed by atoms with Gasteiger partial charge in [-0.25, -0.2) is 0 Å². The summed E-state index contributed by atoms with van der Waals surface area (Å²) in [6, 6.07) is 14.3. The summed E-state index contributed by atoms with van der Waals surface area (Å²) < 4.78 is 10.6. The molecule has 2 aromatic rings. The van der Waals surface area contributed by atoms with E-state index in [4.69, 9.17) is 9.47 Å². The summed E-state index contributed by atoms with van der Waals surface area (Å²) in [6.45, 7) is 5.83. The summed E-state index contributed by atoms with van der Waals surface area (Å²) in [5.41, 5.74) is 1.86. The van der Waals surface area contributed by atoms with Crippen molar-refractivity contribution in [2.24, 2.45) is 5.92 Å². The van der Waals surface area contributed by atoms with Crippen molar-refractivity contribution in [3.63, 3.8) is 0 Å². The number of benzene rings is 2. The Morgan fingerprint density at radius 1 is 1.03 bits per heavy atom. The first-order valence-electron chi connectivity index (χ1n) is 9.61. The van der Waals surface area contributed by atoms with Gasteiger partial charge in [0.15, 0.2) is 0 Å². The number of carbonyl (C=O) groups is 2. The lowest BCUT2D eigenvalue weighted by atomic mass is 10.2. The highest BCUT2D eigenvalue weighted by Crippen LogP contribution is 2.16. The third-order valence-electron chi connectivity index (χ3n) is 3.89. The molecule has 0 aliphatic rings. The monoisotopic (exact) mass is 399 g/mol. The van der Waals surface area contributed by atoms with Crippen LogP contribution in [-0.4, -0.2) is 45.2 Å². The highest BCUT2D eigenvalue weighted by molar-refractivity contribution is 5.98. The van der Waals surface area contributed by atoms with E-state index in [1.807, 2.05) is 24.3 Å². The highest BCUT2D eigenvalue weighted by atomic mass is 16.5. The Balaban J connectivity index is 1.81. The van der Waals surface area contributed by atoms with E-state index in [-0.39, 0.29) is 18.4 Å². The maximum absolute atomic E-state index is 12.2. The van der Waals surface area contributed by atoms with Crippen LogP contribution in [-0.2, 0) is 9.53 Å². The van der Waals surface area contributed by atoms with Gasteiger partial charge in [0, 0.05) is 30.6 Å². The molecule has 0 aromatic heterocycles. The van der Waals surface area contributed by atoms with Gasteiger partial charge in [0.1, 0.15) is 5.75 Å². The molecule has 0 atom stereocenters. The lowest BCUT2D eigenvalue weighted by Crippen LogP contribution is -2.27. The fourth-order valence-corrected chi connectivity index (χ4v) is 2.43. The Hall–Kier alpha value is -3.06. The molecule has 0 radical (unpaired) electrons. The quantitative estimate of drug-likeness (QED) is 0.505. The van der Waals surface area contributed by atoms with E-state index in [1.165, 1.54) is 0 Å². The molecule has 0 saturated heterocycles. The first-order valence-corrected chi connectivity index (χ1v) is 9.61. The van der Waals surface area contributed by atoms with Crippen LogP contribution in [0.2, 0.25) is 0 Å². The maximum Gasteiger partial charge on any atom is 0.251 e. The van der Waals surface area contributed by atoms with Crippen molar-refractivity contribution in [1.82, 2.24) is 5.32 Å². The van der Waals surface area contributed by atoms with Crippen molar-refractivity contribution in [3.05, 3.63) is 54.1 Å². The first-order chi connectivity index (χ1) is 14.0. The summed E-state index contributed by atoms with van der Waals surface area (Å²) in [5, 5.41) is 8.60. The fraction of sp³-hybridized carbons (Fsp3) is 0.364. The average Bonchev–Trinajstić information content (AvgIpc) is 2.71. The predicted octanol–water partition coefficient (Wildman–Crippen LogP) is 3.15. The SMILES string of the molecule is COCCNC(=O)c1cccc(NC(=O)CNc2ccc(OCC(C)C)cc2)c1. The zero-order valence-corrected chi connectivity index (χ0v) is 17.2. The number of amides is 2. The molecule has 0 aliphatic carbocycles. The van der Waals surface area contributed by atoms with Gasteiger partial charge >= 0.3 is 0 Å². The molecule has 0 saturated carbocycles. The Kier molecular flexibility index (Phi) is 8.98. The Labute approximate surface area is 171 Å². The number of nitrogens with one attached hydrogen (secondary N) is 3. The molecular weight excluding hydrogens is 370 g/mol. The molecular formula is C22H29N3O4. The first kappa shape index (κ1) is 22.2. The van der Waals surface area contributed by atoms with Crippen molar-refractivity contribution in [2.75, 3.05) is 44.0 Å². The third kappa shape index (κ3) is 8.23. The second-order valence-electron chi connectivity index (χ2n) is 6.96. The van der Waals surface area contributed by atoms with Crippen molar-refractivity contribution in [3.8, 4) is 5.75 Å². The van der Waals surface area contributed by atoms with Gasteiger partial charge in [0.05, 0.1) is 19.8 Å². The highest BCUT2D eigenvalue weighted by Gasteiger charge is 2.08. The minimum absolute atomic E-state index is 0.108. The topological polar surface area (TPSA) is 88.7 Å². The van der Waals surface area contributed by atoms with Crippen LogP contribution in [0, 0.1) is 5.92 Å². The minimum Gasteiger partial charge on any atom is -0.493 e. The van der Waals surface area contributed by atoms with Crippen molar-refractivity contribution >= 4 is 23.2 Å². The van der Waals surface area contributed by atoms with Gasteiger partial charge in [0.25, 0.3) is 5.91 Å². The van der Waals surface area contributed by atoms with Crippen LogP contribution >= 0.6 is 0 Å². The number of anilines is 2. The smallest absolute Gasteiger partial charge is 0.251 e. The number of rotatable bonds is 11. The van der Waals surface area contributed by atoms with Crippen molar-refractivity contribution in [1.29, 1.82) is 0 Å². The van der Waals surface area contributed by atoms with Crippen LogP contribution in [0.3, 0.4) is 0 Å². The predicted molar refractivity (Wildman–Crippen MR) is 115 cm³/mol. The number of hydrogen-bond donors (Lipinski definition) is 3. The van der Waals surface area contributed by atoms with E-state index < -0.39 is 0 Å². The van der Waals surface area contributed by atoms with Crippen LogP contribution < -0.4 is 20.7 Å². The molecule has 0 aliphatic heterocycles. The second kappa shape index (κ2) is 11.7. The molecule has 0 fully saturated rings. The number of ether oxygens (including phenoxy) is 2. The molecule has 0 unspecified atom stereocenters. The fourth-order valence-electron chi connectivity index (χ4n) is 2.43. The van der Waals surface area contributed by atoms with Gasteiger partial charge in [-0.2, -0.15) is 0 Å². The van der Waals surface area contributed by atoms with E-state index >= 15 is 0 Å². The van der Waals surface area contributed by atoms with Crippen molar-refractivity contribution < 1.29 is 19.1 Å². The van der Waals surface area contributed by atoms with Gasteiger partial charge in [-0.1, -0.05) is 19.9 Å². The van der Waals surface area contributed by atoms with E-state index in [9.17, 15) is 9.59 Å². The molecule has 156 valence electrons. The molecule has 0 bridgehead atoms. The Bertz CT molecular complexity index is 791. The van der Waals surface area contributed by atoms with Crippen LogP contribution in [0.1, 0.15) is 24.2 Å². The molecule has 0 spiro atoms. The summed E-state index contributed by atoms with van der Waals surface area (Å²) in [4.78, 5) is 24.3. The summed E-state index contributed by atoms with van der Waals surface area (Å²) >= 11 is 0. The van der Waals surface area contributed by atoms with Gasteiger partial charge in [0.2, 0.25) is 5.91 Å². The minimum atomic E-state index is -0.212. The lowest BCUT2D eigenvalue weighted by molar-refractivity contribution is -0.114. The van der Waals surface area contributed by atoms with Gasteiger partial charge in [-0.05, 0) is 48.4 Å². The Morgan fingerprint density at radius 3 is 2.48 bits per heavy atom. The average molecular weight is 399 g/mol. The van der Waals surface area contributed by atoms with Crippen molar-refractivity contribution in [2.45, 2.75) is 13.8 Å². The summed E-state index contributed by atoms with van der Waals surface area (Å²) in [5.74, 6) is 0.846. The lowest BCUT2D eigenvalue weighted by Gasteiger charge is -2.11. The van der Waals surface area contributed by atoms with E-state index in [0.29, 0.717) is 36.9 Å². The Morgan fingerprint density at radius 2 is 1.79 bits per heavy atom. The van der Waals surface area contributed by atoms with Gasteiger partial charge in [-0.3, -0.25) is 9.59 Å². The van der Waals surface area contributed by atoms with Gasteiger partial charge in [-0.15, -0.1) is 0 Å². The molecule has 3 N–H and O–H groups in total. The molecule has 0 heterocycles. The van der Waals surface area contributed by atoms with E-state index in [2.05, 4.69) is 29.8 Å². The summed E-state index contributed by atoms with van der Waals surface area (Å²) in [7, 11) is 1.57. The number of hydrogen-bond acceptors (Lipinski definition) is 5. The molecule has 7 heteroatoms. The van der Waals surface area contributed by atoms with E-state index in [0.717, 1.165) is 11.4 Å². The number of carbonyl (C=O) groups excluding carboxylic acids is 2. The van der Waals surface area contributed by atoms with Crippen LogP contribution in [0.5, 0.6) is 5.75 Å².